The van der Waals surface area contributed by atoms with Gasteiger partial charge in [-0.05, 0) is 24.6 Å². The first kappa shape index (κ1) is 15.9. The van der Waals surface area contributed by atoms with Crippen LogP contribution in [0.3, 0.4) is 0 Å². The van der Waals surface area contributed by atoms with Gasteiger partial charge in [0.2, 0.25) is 0 Å². The molecule has 2 N–H and O–H groups in total. The number of aliphatic hydroxyl groups is 2. The number of aliphatic hydroxyl groups excluding tert-OH is 2. The van der Waals surface area contributed by atoms with Crippen molar-refractivity contribution < 1.29 is 29.3 Å². The van der Waals surface area contributed by atoms with E-state index in [-0.39, 0.29) is 12.2 Å². The van der Waals surface area contributed by atoms with E-state index in [4.69, 9.17) is 0 Å². The van der Waals surface area contributed by atoms with Crippen LogP contribution in [0.5, 0.6) is 0 Å². The Morgan fingerprint density at radius 2 is 1.68 bits per heavy atom. The highest BCUT2D eigenvalue weighted by molar-refractivity contribution is 6.28. The van der Waals surface area contributed by atoms with Crippen LogP contribution in [-0.2, 0) is 19.1 Å². The molecule has 0 saturated carbocycles. The fourth-order valence-electron chi connectivity index (χ4n) is 2.01. The summed E-state index contributed by atoms with van der Waals surface area (Å²) in [6, 6.07) is 5.72. The number of hydrogen-bond donors (Lipinski definition) is 2. The lowest BCUT2D eigenvalue weighted by Crippen LogP contribution is -2.30. The molecule has 22 heavy (non-hydrogen) atoms. The molecule has 0 spiro atoms. The van der Waals surface area contributed by atoms with Crippen molar-refractivity contribution in [2.45, 2.75) is 19.1 Å². The maximum atomic E-state index is 11.5. The second kappa shape index (κ2) is 6.50. The molecule has 0 fully saturated rings. The summed E-state index contributed by atoms with van der Waals surface area (Å²) in [6.45, 7) is 1.68. The standard InChI is InChI=1S/C15H15NO6/c1-2-22-15(21)14(20)13(19)9-3-5-10(6-4-9)16-11(17)7-8-12(16)18/h3-8,13-14,19-20H,2H2,1H3. The predicted octanol–water partition coefficient (Wildman–Crippen LogP) is 0.0734. The number of imide groups is 1. The minimum Gasteiger partial charge on any atom is -0.464 e. The number of benzene rings is 1. The number of amides is 2. The quantitative estimate of drug-likeness (QED) is 0.589. The zero-order valence-corrected chi connectivity index (χ0v) is 11.8. The van der Waals surface area contributed by atoms with E-state index >= 15 is 0 Å². The molecule has 2 unspecified atom stereocenters. The smallest absolute Gasteiger partial charge is 0.338 e. The van der Waals surface area contributed by atoms with Gasteiger partial charge in [-0.25, -0.2) is 9.69 Å². The Morgan fingerprint density at radius 3 is 2.18 bits per heavy atom. The Balaban J connectivity index is 2.13. The van der Waals surface area contributed by atoms with Gasteiger partial charge < -0.3 is 14.9 Å². The third kappa shape index (κ3) is 3.05. The summed E-state index contributed by atoms with van der Waals surface area (Å²) in [4.78, 5) is 35.4. The van der Waals surface area contributed by atoms with Gasteiger partial charge in [-0.1, -0.05) is 12.1 Å². The minimum absolute atomic E-state index is 0.0910. The number of nitrogens with zero attached hydrogens (tertiary/aromatic N) is 1. The average Bonchev–Trinajstić information content (AvgIpc) is 2.85. The van der Waals surface area contributed by atoms with Gasteiger partial charge in [0.1, 0.15) is 6.10 Å². The Kier molecular flexibility index (Phi) is 4.69. The van der Waals surface area contributed by atoms with Crippen LogP contribution in [0.15, 0.2) is 36.4 Å². The molecule has 1 heterocycles. The predicted molar refractivity (Wildman–Crippen MR) is 75.7 cm³/mol. The van der Waals surface area contributed by atoms with Gasteiger partial charge >= 0.3 is 5.97 Å². The summed E-state index contributed by atoms with van der Waals surface area (Å²) in [7, 11) is 0. The molecule has 7 heteroatoms. The van der Waals surface area contributed by atoms with Crippen molar-refractivity contribution >= 4 is 23.5 Å². The van der Waals surface area contributed by atoms with Gasteiger partial charge in [-0.3, -0.25) is 9.59 Å². The van der Waals surface area contributed by atoms with E-state index in [1.54, 1.807) is 6.92 Å². The van der Waals surface area contributed by atoms with E-state index in [2.05, 4.69) is 4.74 Å². The van der Waals surface area contributed by atoms with Crippen LogP contribution in [0.4, 0.5) is 5.69 Å². The van der Waals surface area contributed by atoms with Crippen LogP contribution in [0.25, 0.3) is 0 Å². The summed E-state index contributed by atoms with van der Waals surface area (Å²) < 4.78 is 4.62. The van der Waals surface area contributed by atoms with Crippen LogP contribution in [0.2, 0.25) is 0 Å². The lowest BCUT2D eigenvalue weighted by molar-refractivity contribution is -0.159. The second-order valence-corrected chi connectivity index (χ2v) is 4.58. The molecular weight excluding hydrogens is 290 g/mol. The Bertz CT molecular complexity index is 603. The molecule has 2 amide bonds. The van der Waals surface area contributed by atoms with E-state index < -0.39 is 30.0 Å². The summed E-state index contributed by atoms with van der Waals surface area (Å²) in [6.07, 6.45) is -0.843. The van der Waals surface area contributed by atoms with Crippen LogP contribution < -0.4 is 4.90 Å². The normalized spacial score (nSPS) is 16.8. The highest BCUT2D eigenvalue weighted by Gasteiger charge is 2.28. The molecular formula is C15H15NO6. The van der Waals surface area contributed by atoms with Crippen molar-refractivity contribution in [3.8, 4) is 0 Å². The molecule has 2 rings (SSSR count). The van der Waals surface area contributed by atoms with Gasteiger partial charge in [0.25, 0.3) is 11.8 Å². The van der Waals surface area contributed by atoms with Gasteiger partial charge in [-0.2, -0.15) is 0 Å². The summed E-state index contributed by atoms with van der Waals surface area (Å²) in [5, 5.41) is 19.6. The Morgan fingerprint density at radius 1 is 1.14 bits per heavy atom. The van der Waals surface area contributed by atoms with E-state index in [0.717, 1.165) is 17.1 Å². The number of carbonyl (C=O) groups is 3. The number of ether oxygens (including phenoxy) is 1. The topological polar surface area (TPSA) is 104 Å². The van der Waals surface area contributed by atoms with Crippen LogP contribution in [-0.4, -0.2) is 40.7 Å². The van der Waals surface area contributed by atoms with Crippen molar-refractivity contribution in [2.75, 3.05) is 11.5 Å². The lowest BCUT2D eigenvalue weighted by atomic mass is 10.0. The number of carbonyl (C=O) groups excluding carboxylic acids is 3. The molecule has 0 aliphatic carbocycles. The molecule has 1 aliphatic rings. The molecule has 0 saturated heterocycles. The summed E-state index contributed by atoms with van der Waals surface area (Å²) in [5.41, 5.74) is 0.595. The van der Waals surface area contributed by atoms with Crippen molar-refractivity contribution in [3.63, 3.8) is 0 Å². The lowest BCUT2D eigenvalue weighted by Gasteiger charge is -2.18. The zero-order chi connectivity index (χ0) is 16.3. The number of anilines is 1. The highest BCUT2D eigenvalue weighted by atomic mass is 16.5. The fourth-order valence-corrected chi connectivity index (χ4v) is 2.01. The van der Waals surface area contributed by atoms with Gasteiger partial charge in [0, 0.05) is 12.2 Å². The van der Waals surface area contributed by atoms with E-state index in [0.29, 0.717) is 5.69 Å². The third-order valence-corrected chi connectivity index (χ3v) is 3.13. The third-order valence-electron chi connectivity index (χ3n) is 3.13. The van der Waals surface area contributed by atoms with Gasteiger partial charge in [-0.15, -0.1) is 0 Å². The number of esters is 1. The number of hydrogen-bond acceptors (Lipinski definition) is 6. The average molecular weight is 305 g/mol. The first-order chi connectivity index (χ1) is 10.5. The highest BCUT2D eigenvalue weighted by Crippen LogP contribution is 2.24. The maximum Gasteiger partial charge on any atom is 0.338 e. The molecule has 0 radical (unpaired) electrons. The molecule has 1 aromatic carbocycles. The zero-order valence-electron chi connectivity index (χ0n) is 11.8. The van der Waals surface area contributed by atoms with E-state index in [1.807, 2.05) is 0 Å². The van der Waals surface area contributed by atoms with Crippen LogP contribution in [0.1, 0.15) is 18.6 Å². The Labute approximate surface area is 126 Å². The Hall–Kier alpha value is -2.51. The largest absolute Gasteiger partial charge is 0.464 e. The van der Waals surface area contributed by atoms with Gasteiger partial charge in [0.15, 0.2) is 6.10 Å². The summed E-state index contributed by atoms with van der Waals surface area (Å²) in [5.74, 6) is -1.83. The second-order valence-electron chi connectivity index (χ2n) is 4.58. The summed E-state index contributed by atoms with van der Waals surface area (Å²) >= 11 is 0. The maximum absolute atomic E-state index is 11.5. The van der Waals surface area contributed by atoms with E-state index in [9.17, 15) is 24.6 Å². The first-order valence-electron chi connectivity index (χ1n) is 6.64. The molecule has 7 nitrogen and oxygen atoms in total. The van der Waals surface area contributed by atoms with Gasteiger partial charge in [0.05, 0.1) is 12.3 Å². The van der Waals surface area contributed by atoms with Crippen LogP contribution in [0, 0.1) is 0 Å². The van der Waals surface area contributed by atoms with E-state index in [1.165, 1.54) is 24.3 Å². The molecule has 1 aliphatic heterocycles. The SMILES string of the molecule is CCOC(=O)C(O)C(O)c1ccc(N2C(=O)C=CC2=O)cc1. The van der Waals surface area contributed by atoms with Crippen molar-refractivity contribution in [2.24, 2.45) is 0 Å². The molecule has 2 atom stereocenters. The van der Waals surface area contributed by atoms with Crippen molar-refractivity contribution in [1.29, 1.82) is 0 Å². The monoisotopic (exact) mass is 305 g/mol. The van der Waals surface area contributed by atoms with Crippen molar-refractivity contribution in [1.82, 2.24) is 0 Å². The number of rotatable bonds is 5. The molecule has 0 aromatic heterocycles. The molecule has 116 valence electrons. The van der Waals surface area contributed by atoms with Crippen LogP contribution >= 0.6 is 0 Å². The fraction of sp³-hybridized carbons (Fsp3) is 0.267. The first-order valence-corrected chi connectivity index (χ1v) is 6.64. The molecule has 1 aromatic rings. The minimum atomic E-state index is -1.71. The van der Waals surface area contributed by atoms with Crippen molar-refractivity contribution in [3.05, 3.63) is 42.0 Å². The molecule has 0 bridgehead atoms.